The second-order valence-electron chi connectivity index (χ2n) is 6.41. The number of carbonyl (C=O) groups excluding carboxylic acids is 2. The predicted octanol–water partition coefficient (Wildman–Crippen LogP) is 2.69. The fourth-order valence-electron chi connectivity index (χ4n) is 3.20. The maximum atomic E-state index is 12.9. The van der Waals surface area contributed by atoms with E-state index in [-0.39, 0.29) is 11.8 Å². The minimum Gasteiger partial charge on any atom is -0.497 e. The highest BCUT2D eigenvalue weighted by molar-refractivity contribution is 5.96. The second-order valence-corrected chi connectivity index (χ2v) is 6.41. The van der Waals surface area contributed by atoms with Crippen molar-refractivity contribution in [2.45, 2.75) is 6.42 Å². The van der Waals surface area contributed by atoms with Gasteiger partial charge in [0, 0.05) is 43.4 Å². The van der Waals surface area contributed by atoms with Crippen molar-refractivity contribution in [2.75, 3.05) is 40.4 Å². The van der Waals surface area contributed by atoms with Gasteiger partial charge < -0.3 is 19.3 Å². The zero-order chi connectivity index (χ0) is 19.2. The molecule has 6 heteroatoms. The zero-order valence-corrected chi connectivity index (χ0v) is 15.7. The Morgan fingerprint density at radius 2 is 1.26 bits per heavy atom. The van der Waals surface area contributed by atoms with Crippen molar-refractivity contribution >= 4 is 11.8 Å². The average Bonchev–Trinajstić information content (AvgIpc) is 2.99. The molecule has 2 aromatic rings. The monoisotopic (exact) mass is 368 g/mol. The summed E-state index contributed by atoms with van der Waals surface area (Å²) in [6, 6.07) is 14.4. The number of ether oxygens (including phenoxy) is 2. The summed E-state index contributed by atoms with van der Waals surface area (Å²) in [5, 5.41) is 0. The topological polar surface area (TPSA) is 59.1 Å². The molecule has 0 aromatic heterocycles. The smallest absolute Gasteiger partial charge is 0.254 e. The third-order valence-corrected chi connectivity index (χ3v) is 4.69. The molecule has 0 spiro atoms. The SMILES string of the molecule is COc1cc(OC)cc(C(=O)N2CCCN(C(=O)c3ccccc3)CC2)c1. The molecule has 0 N–H and O–H groups in total. The first-order chi connectivity index (χ1) is 13.1. The molecular weight excluding hydrogens is 344 g/mol. The van der Waals surface area contributed by atoms with E-state index in [9.17, 15) is 9.59 Å². The van der Waals surface area contributed by atoms with Crippen LogP contribution in [0.2, 0.25) is 0 Å². The Bertz CT molecular complexity index is 785. The van der Waals surface area contributed by atoms with Crippen molar-refractivity contribution in [3.8, 4) is 11.5 Å². The number of hydrogen-bond donors (Lipinski definition) is 0. The van der Waals surface area contributed by atoms with Gasteiger partial charge in [-0.3, -0.25) is 9.59 Å². The van der Waals surface area contributed by atoms with Crippen molar-refractivity contribution in [3.05, 3.63) is 59.7 Å². The van der Waals surface area contributed by atoms with Crippen LogP contribution in [-0.2, 0) is 0 Å². The third-order valence-electron chi connectivity index (χ3n) is 4.69. The third kappa shape index (κ3) is 4.39. The summed E-state index contributed by atoms with van der Waals surface area (Å²) in [6.07, 6.45) is 0.741. The first-order valence-corrected chi connectivity index (χ1v) is 8.99. The summed E-state index contributed by atoms with van der Waals surface area (Å²) in [7, 11) is 3.12. The van der Waals surface area contributed by atoms with Crippen LogP contribution in [-0.4, -0.2) is 62.0 Å². The highest BCUT2D eigenvalue weighted by Gasteiger charge is 2.24. The van der Waals surface area contributed by atoms with E-state index in [1.54, 1.807) is 37.3 Å². The van der Waals surface area contributed by atoms with Crippen molar-refractivity contribution in [1.82, 2.24) is 9.80 Å². The van der Waals surface area contributed by atoms with Gasteiger partial charge in [-0.2, -0.15) is 0 Å². The second kappa shape index (κ2) is 8.58. The maximum Gasteiger partial charge on any atom is 0.254 e. The van der Waals surface area contributed by atoms with Gasteiger partial charge in [-0.05, 0) is 30.7 Å². The molecule has 1 fully saturated rings. The van der Waals surface area contributed by atoms with Crippen LogP contribution >= 0.6 is 0 Å². The molecule has 2 aromatic carbocycles. The number of benzene rings is 2. The van der Waals surface area contributed by atoms with E-state index in [4.69, 9.17) is 9.47 Å². The lowest BCUT2D eigenvalue weighted by Crippen LogP contribution is -2.37. The van der Waals surface area contributed by atoms with Crippen LogP contribution in [0.5, 0.6) is 11.5 Å². The van der Waals surface area contributed by atoms with Crippen molar-refractivity contribution in [3.63, 3.8) is 0 Å². The summed E-state index contributed by atoms with van der Waals surface area (Å²) in [6.45, 7) is 2.26. The summed E-state index contributed by atoms with van der Waals surface area (Å²) < 4.78 is 10.5. The Hall–Kier alpha value is -3.02. The van der Waals surface area contributed by atoms with E-state index >= 15 is 0 Å². The van der Waals surface area contributed by atoms with E-state index in [1.807, 2.05) is 35.2 Å². The maximum absolute atomic E-state index is 12.9. The predicted molar refractivity (Wildman–Crippen MR) is 102 cm³/mol. The van der Waals surface area contributed by atoms with Crippen LogP contribution in [0.3, 0.4) is 0 Å². The number of amides is 2. The van der Waals surface area contributed by atoms with Gasteiger partial charge in [0.2, 0.25) is 0 Å². The minimum absolute atomic E-state index is 0.00736. The number of rotatable bonds is 4. The van der Waals surface area contributed by atoms with Crippen molar-refractivity contribution in [1.29, 1.82) is 0 Å². The Balaban J connectivity index is 1.71. The van der Waals surface area contributed by atoms with Crippen LogP contribution in [0.4, 0.5) is 0 Å². The summed E-state index contributed by atoms with van der Waals surface area (Å²) in [5.41, 5.74) is 1.20. The largest absolute Gasteiger partial charge is 0.497 e. The van der Waals surface area contributed by atoms with Crippen LogP contribution in [0.15, 0.2) is 48.5 Å². The van der Waals surface area contributed by atoms with Crippen LogP contribution in [0.25, 0.3) is 0 Å². The zero-order valence-electron chi connectivity index (χ0n) is 15.7. The van der Waals surface area contributed by atoms with Gasteiger partial charge in [-0.15, -0.1) is 0 Å². The first-order valence-electron chi connectivity index (χ1n) is 8.99. The lowest BCUT2D eigenvalue weighted by Gasteiger charge is -2.22. The van der Waals surface area contributed by atoms with E-state index in [0.29, 0.717) is 48.8 Å². The highest BCUT2D eigenvalue weighted by atomic mass is 16.5. The Labute approximate surface area is 159 Å². The van der Waals surface area contributed by atoms with Gasteiger partial charge in [0.1, 0.15) is 11.5 Å². The lowest BCUT2D eigenvalue weighted by atomic mass is 10.1. The summed E-state index contributed by atoms with van der Waals surface area (Å²) in [4.78, 5) is 29.2. The molecule has 6 nitrogen and oxygen atoms in total. The number of hydrogen-bond acceptors (Lipinski definition) is 4. The molecule has 1 saturated heterocycles. The average molecular weight is 368 g/mol. The molecule has 1 heterocycles. The molecule has 1 aliphatic rings. The van der Waals surface area contributed by atoms with Crippen molar-refractivity contribution in [2.24, 2.45) is 0 Å². The Morgan fingerprint density at radius 1 is 0.741 bits per heavy atom. The van der Waals surface area contributed by atoms with Gasteiger partial charge >= 0.3 is 0 Å². The molecule has 1 aliphatic heterocycles. The molecule has 2 amide bonds. The standard InChI is InChI=1S/C21H24N2O4/c1-26-18-13-17(14-19(15-18)27-2)21(25)23-10-6-9-22(11-12-23)20(24)16-7-4-3-5-8-16/h3-5,7-8,13-15H,6,9-12H2,1-2H3. The first kappa shape index (κ1) is 18.8. The van der Waals surface area contributed by atoms with Gasteiger partial charge in [0.15, 0.2) is 0 Å². The molecule has 3 rings (SSSR count). The van der Waals surface area contributed by atoms with Crippen LogP contribution in [0, 0.1) is 0 Å². The molecule has 0 radical (unpaired) electrons. The molecule has 0 saturated carbocycles. The molecule has 0 unspecified atom stereocenters. The van der Waals surface area contributed by atoms with E-state index in [0.717, 1.165) is 6.42 Å². The minimum atomic E-state index is -0.0822. The highest BCUT2D eigenvalue weighted by Crippen LogP contribution is 2.24. The van der Waals surface area contributed by atoms with Gasteiger partial charge in [-0.25, -0.2) is 0 Å². The molecule has 27 heavy (non-hydrogen) atoms. The molecule has 0 atom stereocenters. The Morgan fingerprint density at radius 3 is 1.78 bits per heavy atom. The fraction of sp³-hybridized carbons (Fsp3) is 0.333. The molecule has 142 valence electrons. The van der Waals surface area contributed by atoms with E-state index < -0.39 is 0 Å². The van der Waals surface area contributed by atoms with Gasteiger partial charge in [0.05, 0.1) is 14.2 Å². The van der Waals surface area contributed by atoms with E-state index in [1.165, 1.54) is 0 Å². The summed E-state index contributed by atoms with van der Waals surface area (Å²) in [5.74, 6) is 1.08. The lowest BCUT2D eigenvalue weighted by molar-refractivity contribution is 0.0718. The number of nitrogens with zero attached hydrogens (tertiary/aromatic N) is 2. The van der Waals surface area contributed by atoms with Crippen molar-refractivity contribution < 1.29 is 19.1 Å². The number of carbonyl (C=O) groups is 2. The van der Waals surface area contributed by atoms with E-state index in [2.05, 4.69) is 0 Å². The quantitative estimate of drug-likeness (QED) is 0.833. The molecular formula is C21H24N2O4. The van der Waals surface area contributed by atoms with Crippen LogP contribution in [0.1, 0.15) is 27.1 Å². The Kier molecular flexibility index (Phi) is 5.96. The van der Waals surface area contributed by atoms with Gasteiger partial charge in [-0.1, -0.05) is 18.2 Å². The number of methoxy groups -OCH3 is 2. The summed E-state index contributed by atoms with van der Waals surface area (Å²) >= 11 is 0. The molecule has 0 aliphatic carbocycles. The molecule has 0 bridgehead atoms. The van der Waals surface area contributed by atoms with Gasteiger partial charge in [0.25, 0.3) is 11.8 Å². The van der Waals surface area contributed by atoms with Crippen LogP contribution < -0.4 is 9.47 Å². The normalized spacial score (nSPS) is 14.4. The fourth-order valence-corrected chi connectivity index (χ4v) is 3.20.